The lowest BCUT2D eigenvalue weighted by Crippen LogP contribution is -2.27. The van der Waals surface area contributed by atoms with E-state index in [1.807, 2.05) is 44.2 Å². The minimum absolute atomic E-state index is 0.0926. The third-order valence-corrected chi connectivity index (χ3v) is 4.56. The van der Waals surface area contributed by atoms with Crippen molar-refractivity contribution in [3.63, 3.8) is 0 Å². The first kappa shape index (κ1) is 18.8. The molecule has 0 saturated carbocycles. The Morgan fingerprint density at radius 1 is 1.07 bits per heavy atom. The van der Waals surface area contributed by atoms with Gasteiger partial charge in [0.25, 0.3) is 5.91 Å². The molecule has 0 aliphatic rings. The van der Waals surface area contributed by atoms with Gasteiger partial charge in [0.05, 0.1) is 0 Å². The summed E-state index contributed by atoms with van der Waals surface area (Å²) in [7, 11) is 0. The van der Waals surface area contributed by atoms with E-state index < -0.39 is 0 Å². The van der Waals surface area contributed by atoms with Crippen molar-refractivity contribution >= 4 is 5.91 Å². The van der Waals surface area contributed by atoms with Crippen LogP contribution in [0.4, 0.5) is 0 Å². The zero-order chi connectivity index (χ0) is 19.6. The summed E-state index contributed by atoms with van der Waals surface area (Å²) in [6.45, 7) is 10.3. The van der Waals surface area contributed by atoms with E-state index in [0.29, 0.717) is 17.3 Å². The van der Waals surface area contributed by atoms with Gasteiger partial charge in [0.1, 0.15) is 6.04 Å². The van der Waals surface area contributed by atoms with E-state index in [4.69, 9.17) is 4.52 Å². The first-order valence-electron chi connectivity index (χ1n) is 9.07. The Kier molecular flexibility index (Phi) is 5.13. The molecular weight excluding hydrogens is 338 g/mol. The first-order chi connectivity index (χ1) is 12.8. The summed E-state index contributed by atoms with van der Waals surface area (Å²) in [5, 5.41) is 6.97. The molecule has 140 valence electrons. The number of amides is 1. The lowest BCUT2D eigenvalue weighted by atomic mass is 9.87. The van der Waals surface area contributed by atoms with Crippen molar-refractivity contribution in [2.24, 2.45) is 0 Å². The molecule has 0 aliphatic heterocycles. The van der Waals surface area contributed by atoms with Crippen LogP contribution in [0.1, 0.15) is 61.1 Å². The van der Waals surface area contributed by atoms with Crippen LogP contribution >= 0.6 is 0 Å². The van der Waals surface area contributed by atoms with E-state index >= 15 is 0 Å². The molecule has 5 nitrogen and oxygen atoms in total. The van der Waals surface area contributed by atoms with Crippen molar-refractivity contribution in [2.45, 2.75) is 46.1 Å². The summed E-state index contributed by atoms with van der Waals surface area (Å²) in [5.74, 6) is 0.740. The lowest BCUT2D eigenvalue weighted by Gasteiger charge is -2.18. The zero-order valence-corrected chi connectivity index (χ0v) is 16.4. The van der Waals surface area contributed by atoms with Gasteiger partial charge < -0.3 is 9.84 Å². The Balaban J connectivity index is 1.73. The molecule has 27 heavy (non-hydrogen) atoms. The fourth-order valence-corrected chi connectivity index (χ4v) is 2.81. The maximum absolute atomic E-state index is 12.5. The van der Waals surface area contributed by atoms with E-state index in [-0.39, 0.29) is 17.4 Å². The highest BCUT2D eigenvalue weighted by Crippen LogP contribution is 2.25. The fraction of sp³-hybridized carbons (Fsp3) is 0.318. The smallest absolute Gasteiger partial charge is 0.252 e. The topological polar surface area (TPSA) is 68.0 Å². The molecule has 3 rings (SSSR count). The number of benzene rings is 2. The number of hydrogen-bond acceptors (Lipinski definition) is 4. The van der Waals surface area contributed by atoms with E-state index in [9.17, 15) is 4.79 Å². The largest absolute Gasteiger partial charge is 0.341 e. The molecule has 0 saturated heterocycles. The van der Waals surface area contributed by atoms with Crippen LogP contribution in [0.5, 0.6) is 0 Å². The molecule has 1 amide bonds. The number of aromatic nitrogens is 2. The molecule has 1 unspecified atom stereocenters. The van der Waals surface area contributed by atoms with Gasteiger partial charge in [0.2, 0.25) is 11.7 Å². The fourth-order valence-electron chi connectivity index (χ4n) is 2.81. The van der Waals surface area contributed by atoms with Gasteiger partial charge in [-0.15, -0.1) is 0 Å². The Hall–Kier alpha value is -2.95. The SMILES string of the molecule is Cc1ccccc1C(=O)NC(C)c1nc(-c2ccc(C(C)(C)C)cc2)no1. The molecule has 5 heteroatoms. The van der Waals surface area contributed by atoms with E-state index in [1.165, 1.54) is 5.56 Å². The summed E-state index contributed by atoms with van der Waals surface area (Å²) in [5.41, 5.74) is 3.79. The second kappa shape index (κ2) is 7.35. The van der Waals surface area contributed by atoms with Gasteiger partial charge in [-0.05, 0) is 36.5 Å². The standard InChI is InChI=1S/C22H25N3O2/c1-14-8-6-7-9-18(14)20(26)23-15(2)21-24-19(25-27-21)16-10-12-17(13-11-16)22(3,4)5/h6-13,15H,1-5H3,(H,23,26). The van der Waals surface area contributed by atoms with Gasteiger partial charge in [-0.2, -0.15) is 4.98 Å². The average Bonchev–Trinajstić information content (AvgIpc) is 3.11. The summed E-state index contributed by atoms with van der Waals surface area (Å²) in [6.07, 6.45) is 0. The molecule has 0 bridgehead atoms. The summed E-state index contributed by atoms with van der Waals surface area (Å²) in [4.78, 5) is 16.9. The van der Waals surface area contributed by atoms with Gasteiger partial charge >= 0.3 is 0 Å². The van der Waals surface area contributed by atoms with Crippen molar-refractivity contribution in [2.75, 3.05) is 0 Å². The minimum Gasteiger partial charge on any atom is -0.341 e. The van der Waals surface area contributed by atoms with Gasteiger partial charge in [-0.3, -0.25) is 4.79 Å². The van der Waals surface area contributed by atoms with Crippen molar-refractivity contribution in [1.82, 2.24) is 15.5 Å². The Bertz CT molecular complexity index is 937. The van der Waals surface area contributed by atoms with Crippen LogP contribution in [0.3, 0.4) is 0 Å². The third kappa shape index (κ3) is 4.25. The number of carbonyl (C=O) groups is 1. The van der Waals surface area contributed by atoms with Crippen molar-refractivity contribution in [3.05, 3.63) is 71.1 Å². The predicted molar refractivity (Wildman–Crippen MR) is 105 cm³/mol. The van der Waals surface area contributed by atoms with Gasteiger partial charge in [0.15, 0.2) is 0 Å². The second-order valence-corrected chi connectivity index (χ2v) is 7.79. The number of rotatable bonds is 4. The second-order valence-electron chi connectivity index (χ2n) is 7.79. The molecule has 1 aromatic heterocycles. The summed E-state index contributed by atoms with van der Waals surface area (Å²) >= 11 is 0. The van der Waals surface area contributed by atoms with Crippen LogP contribution < -0.4 is 5.32 Å². The highest BCUT2D eigenvalue weighted by Gasteiger charge is 2.19. The van der Waals surface area contributed by atoms with E-state index in [0.717, 1.165) is 11.1 Å². The Morgan fingerprint density at radius 3 is 2.37 bits per heavy atom. The number of nitrogens with zero attached hydrogens (tertiary/aromatic N) is 2. The van der Waals surface area contributed by atoms with E-state index in [1.54, 1.807) is 6.07 Å². The highest BCUT2D eigenvalue weighted by molar-refractivity contribution is 5.95. The molecule has 1 heterocycles. The number of carbonyl (C=O) groups excluding carboxylic acids is 1. The normalized spacial score (nSPS) is 12.6. The molecule has 1 atom stereocenters. The number of hydrogen-bond donors (Lipinski definition) is 1. The predicted octanol–water partition coefficient (Wildman–Crippen LogP) is 4.83. The van der Waals surface area contributed by atoms with Crippen LogP contribution in [0, 0.1) is 6.92 Å². The maximum Gasteiger partial charge on any atom is 0.252 e. The van der Waals surface area contributed by atoms with Crippen LogP contribution in [0.25, 0.3) is 11.4 Å². The molecule has 3 aromatic rings. The van der Waals surface area contributed by atoms with Crippen LogP contribution in [0.15, 0.2) is 53.1 Å². The first-order valence-corrected chi connectivity index (χ1v) is 9.07. The van der Waals surface area contributed by atoms with Gasteiger partial charge in [-0.25, -0.2) is 0 Å². The monoisotopic (exact) mass is 363 g/mol. The molecule has 2 aromatic carbocycles. The van der Waals surface area contributed by atoms with Crippen molar-refractivity contribution in [3.8, 4) is 11.4 Å². The molecule has 1 N–H and O–H groups in total. The van der Waals surface area contributed by atoms with Crippen LogP contribution in [-0.4, -0.2) is 16.0 Å². The number of nitrogens with one attached hydrogen (secondary N) is 1. The van der Waals surface area contributed by atoms with E-state index in [2.05, 4.69) is 48.4 Å². The highest BCUT2D eigenvalue weighted by atomic mass is 16.5. The van der Waals surface area contributed by atoms with Gasteiger partial charge in [0, 0.05) is 11.1 Å². The quantitative estimate of drug-likeness (QED) is 0.720. The molecule has 0 spiro atoms. The molecule has 0 radical (unpaired) electrons. The summed E-state index contributed by atoms with van der Waals surface area (Å²) < 4.78 is 5.37. The average molecular weight is 363 g/mol. The molecule has 0 fully saturated rings. The van der Waals surface area contributed by atoms with Gasteiger partial charge in [-0.1, -0.05) is 68.4 Å². The molecule has 0 aliphatic carbocycles. The van der Waals surface area contributed by atoms with Crippen molar-refractivity contribution in [1.29, 1.82) is 0 Å². The third-order valence-electron chi connectivity index (χ3n) is 4.56. The van der Waals surface area contributed by atoms with Crippen molar-refractivity contribution < 1.29 is 9.32 Å². The van der Waals surface area contributed by atoms with Crippen LogP contribution in [-0.2, 0) is 5.41 Å². The number of aryl methyl sites for hydroxylation is 1. The minimum atomic E-state index is -0.382. The summed E-state index contributed by atoms with van der Waals surface area (Å²) in [6, 6.07) is 15.2. The maximum atomic E-state index is 12.5. The molecular formula is C22H25N3O2. The lowest BCUT2D eigenvalue weighted by molar-refractivity contribution is 0.0932. The Morgan fingerprint density at radius 2 is 1.74 bits per heavy atom. The van der Waals surface area contributed by atoms with Crippen LogP contribution in [0.2, 0.25) is 0 Å². The zero-order valence-electron chi connectivity index (χ0n) is 16.4. The Labute approximate surface area is 159 Å².